The zero-order valence-corrected chi connectivity index (χ0v) is 19.7. The number of halogens is 1. The Morgan fingerprint density at radius 2 is 1.69 bits per heavy atom. The minimum absolute atomic E-state index is 0.0153. The highest BCUT2D eigenvalue weighted by Gasteiger charge is 2.25. The zero-order valence-electron chi connectivity index (χ0n) is 18.1. The minimum atomic E-state index is -3.89. The van der Waals surface area contributed by atoms with E-state index >= 15 is 0 Å². The van der Waals surface area contributed by atoms with Crippen LogP contribution in [-0.4, -0.2) is 27.0 Å². The third-order valence-corrected chi connectivity index (χ3v) is 6.81. The number of sulfonamides is 1. The molecule has 0 heterocycles. The predicted molar refractivity (Wildman–Crippen MR) is 128 cm³/mol. The van der Waals surface area contributed by atoms with Gasteiger partial charge in [0.1, 0.15) is 5.75 Å². The highest BCUT2D eigenvalue weighted by Crippen LogP contribution is 2.27. The third kappa shape index (κ3) is 5.41. The number of nitrogens with zero attached hydrogens (tertiary/aromatic N) is 1. The van der Waals surface area contributed by atoms with Gasteiger partial charge in [-0.25, -0.2) is 8.42 Å². The fraction of sp³-hybridized carbons (Fsp3) is 0.208. The Balaban J connectivity index is 1.87. The summed E-state index contributed by atoms with van der Waals surface area (Å²) in [7, 11) is -3.89. The number of nitrogens with one attached hydrogen (secondary N) is 1. The molecule has 0 radical (unpaired) electrons. The fourth-order valence-corrected chi connectivity index (χ4v) is 4.84. The monoisotopic (exact) mass is 472 g/mol. The van der Waals surface area contributed by atoms with E-state index in [9.17, 15) is 13.2 Å². The molecule has 1 amide bonds. The van der Waals surface area contributed by atoms with Gasteiger partial charge in [0.25, 0.3) is 15.9 Å². The van der Waals surface area contributed by atoms with Crippen LogP contribution < -0.4 is 14.4 Å². The number of rotatable bonds is 8. The summed E-state index contributed by atoms with van der Waals surface area (Å²) in [6.45, 7) is 5.84. The quantitative estimate of drug-likeness (QED) is 0.463. The second kappa shape index (κ2) is 10.1. The van der Waals surface area contributed by atoms with E-state index < -0.39 is 15.9 Å². The SMILES string of the molecule is CCN(c1ccccc1)S(=O)(=O)c1ccc(Cl)c(C(=O)Nc2ccc(OC(C)C)cc2)c1. The van der Waals surface area contributed by atoms with E-state index in [0.717, 1.165) is 0 Å². The maximum Gasteiger partial charge on any atom is 0.264 e. The van der Waals surface area contributed by atoms with Crippen LogP contribution in [0.25, 0.3) is 0 Å². The summed E-state index contributed by atoms with van der Waals surface area (Å²) in [5.41, 5.74) is 1.15. The van der Waals surface area contributed by atoms with Gasteiger partial charge in [-0.2, -0.15) is 0 Å². The van der Waals surface area contributed by atoms with Gasteiger partial charge in [-0.3, -0.25) is 9.10 Å². The van der Waals surface area contributed by atoms with Crippen molar-refractivity contribution in [3.63, 3.8) is 0 Å². The van der Waals surface area contributed by atoms with Gasteiger partial charge in [-0.05, 0) is 75.4 Å². The smallest absolute Gasteiger partial charge is 0.264 e. The number of amides is 1. The van der Waals surface area contributed by atoms with Crippen LogP contribution in [0.5, 0.6) is 5.75 Å². The highest BCUT2D eigenvalue weighted by atomic mass is 35.5. The Kier molecular flexibility index (Phi) is 7.43. The normalized spacial score (nSPS) is 11.3. The Bertz CT molecular complexity index is 1180. The summed E-state index contributed by atoms with van der Waals surface area (Å²) in [6, 6.07) is 19.8. The first-order valence-corrected chi connectivity index (χ1v) is 12.0. The van der Waals surface area contributed by atoms with Crippen molar-refractivity contribution in [3.8, 4) is 5.75 Å². The molecule has 0 bridgehead atoms. The first-order valence-electron chi connectivity index (χ1n) is 10.2. The van der Waals surface area contributed by atoms with Crippen molar-refractivity contribution >= 4 is 38.9 Å². The average molecular weight is 473 g/mol. The number of anilines is 2. The molecule has 32 heavy (non-hydrogen) atoms. The molecule has 0 aliphatic carbocycles. The molecule has 0 fully saturated rings. The molecule has 3 aromatic carbocycles. The molecule has 8 heteroatoms. The number of ether oxygens (including phenoxy) is 1. The molecule has 0 aromatic heterocycles. The van der Waals surface area contributed by atoms with Crippen molar-refractivity contribution in [1.29, 1.82) is 0 Å². The van der Waals surface area contributed by atoms with E-state index in [2.05, 4.69) is 5.32 Å². The molecule has 0 aliphatic rings. The number of hydrogen-bond donors (Lipinski definition) is 1. The predicted octanol–water partition coefficient (Wildman–Crippen LogP) is 5.59. The number of carbonyl (C=O) groups is 1. The van der Waals surface area contributed by atoms with Crippen LogP contribution in [0.2, 0.25) is 5.02 Å². The van der Waals surface area contributed by atoms with E-state index in [0.29, 0.717) is 17.1 Å². The van der Waals surface area contributed by atoms with Gasteiger partial charge in [0, 0.05) is 12.2 Å². The Morgan fingerprint density at radius 3 is 2.28 bits per heavy atom. The van der Waals surface area contributed by atoms with E-state index in [-0.39, 0.29) is 28.1 Å². The molecule has 1 N–H and O–H groups in total. The topological polar surface area (TPSA) is 75.7 Å². The second-order valence-electron chi connectivity index (χ2n) is 7.29. The Morgan fingerprint density at radius 1 is 1.03 bits per heavy atom. The number of benzene rings is 3. The van der Waals surface area contributed by atoms with Gasteiger partial charge in [-0.15, -0.1) is 0 Å². The first kappa shape index (κ1) is 23.6. The lowest BCUT2D eigenvalue weighted by molar-refractivity contribution is 0.102. The third-order valence-electron chi connectivity index (χ3n) is 4.59. The van der Waals surface area contributed by atoms with Gasteiger partial charge < -0.3 is 10.1 Å². The maximum atomic E-state index is 13.3. The lowest BCUT2D eigenvalue weighted by atomic mass is 10.2. The van der Waals surface area contributed by atoms with Crippen LogP contribution in [0, 0.1) is 0 Å². The van der Waals surface area contributed by atoms with E-state index in [1.165, 1.54) is 22.5 Å². The molecule has 0 unspecified atom stereocenters. The zero-order chi connectivity index (χ0) is 23.3. The van der Waals surface area contributed by atoms with Crippen LogP contribution >= 0.6 is 11.6 Å². The minimum Gasteiger partial charge on any atom is -0.491 e. The van der Waals surface area contributed by atoms with E-state index in [1.54, 1.807) is 55.5 Å². The van der Waals surface area contributed by atoms with Crippen molar-refractivity contribution in [3.05, 3.63) is 83.4 Å². The lowest BCUT2D eigenvalue weighted by Crippen LogP contribution is -2.31. The molecule has 0 atom stereocenters. The van der Waals surface area contributed by atoms with Crippen LogP contribution in [-0.2, 0) is 10.0 Å². The summed E-state index contributed by atoms with van der Waals surface area (Å²) in [6.07, 6.45) is 0.0394. The first-order chi connectivity index (χ1) is 15.2. The molecular formula is C24H25ClN2O4S. The van der Waals surface area contributed by atoms with Gasteiger partial charge in [0.2, 0.25) is 0 Å². The second-order valence-corrected chi connectivity index (χ2v) is 9.56. The van der Waals surface area contributed by atoms with Crippen molar-refractivity contribution in [1.82, 2.24) is 0 Å². The van der Waals surface area contributed by atoms with Gasteiger partial charge in [-0.1, -0.05) is 29.8 Å². The molecule has 0 saturated heterocycles. The molecule has 6 nitrogen and oxygen atoms in total. The Labute approximate surface area is 193 Å². The molecular weight excluding hydrogens is 448 g/mol. The van der Waals surface area contributed by atoms with Crippen molar-refractivity contribution in [2.75, 3.05) is 16.2 Å². The van der Waals surface area contributed by atoms with Crippen molar-refractivity contribution in [2.45, 2.75) is 31.8 Å². The van der Waals surface area contributed by atoms with Crippen LogP contribution in [0.3, 0.4) is 0 Å². The molecule has 168 valence electrons. The van der Waals surface area contributed by atoms with Crippen LogP contribution in [0.15, 0.2) is 77.7 Å². The Hall–Kier alpha value is -3.03. The molecule has 3 rings (SSSR count). The number of hydrogen-bond acceptors (Lipinski definition) is 4. The van der Waals surface area contributed by atoms with Crippen molar-refractivity contribution < 1.29 is 17.9 Å². The lowest BCUT2D eigenvalue weighted by Gasteiger charge is -2.23. The molecule has 3 aromatic rings. The summed E-state index contributed by atoms with van der Waals surface area (Å²) in [4.78, 5) is 12.8. The van der Waals surface area contributed by atoms with E-state index in [4.69, 9.17) is 16.3 Å². The standard InChI is InChI=1S/C24H25ClN2O4S/c1-4-27(19-8-6-5-7-9-19)32(29,30)21-14-15-23(25)22(16-21)24(28)26-18-10-12-20(13-11-18)31-17(2)3/h5-17H,4H2,1-3H3,(H,26,28). The maximum absolute atomic E-state index is 13.3. The largest absolute Gasteiger partial charge is 0.491 e. The van der Waals surface area contributed by atoms with E-state index in [1.807, 2.05) is 19.9 Å². The highest BCUT2D eigenvalue weighted by molar-refractivity contribution is 7.92. The summed E-state index contributed by atoms with van der Waals surface area (Å²) < 4.78 is 33.4. The van der Waals surface area contributed by atoms with Gasteiger partial charge in [0.05, 0.1) is 27.3 Å². The summed E-state index contributed by atoms with van der Waals surface area (Å²) in [5, 5.41) is 2.90. The summed E-state index contributed by atoms with van der Waals surface area (Å²) >= 11 is 6.23. The molecule has 0 aliphatic heterocycles. The van der Waals surface area contributed by atoms with Gasteiger partial charge in [0.15, 0.2) is 0 Å². The molecule has 0 saturated carbocycles. The number of carbonyl (C=O) groups excluding carboxylic acids is 1. The van der Waals surface area contributed by atoms with Crippen LogP contribution in [0.1, 0.15) is 31.1 Å². The van der Waals surface area contributed by atoms with Crippen LogP contribution in [0.4, 0.5) is 11.4 Å². The molecule has 0 spiro atoms. The fourth-order valence-electron chi connectivity index (χ4n) is 3.14. The average Bonchev–Trinajstić information content (AvgIpc) is 2.76. The van der Waals surface area contributed by atoms with Crippen molar-refractivity contribution in [2.24, 2.45) is 0 Å². The van der Waals surface area contributed by atoms with Gasteiger partial charge >= 0.3 is 0 Å². The number of para-hydroxylation sites is 1. The summed E-state index contributed by atoms with van der Waals surface area (Å²) in [5.74, 6) is 0.178.